The normalized spacial score (nSPS) is 11.2. The van der Waals surface area contributed by atoms with Gasteiger partial charge in [-0.15, -0.1) is 0 Å². The minimum atomic E-state index is 0.599. The van der Waals surface area contributed by atoms with E-state index in [4.69, 9.17) is 18.8 Å². The standard InChI is InChI=1S/C50H34N4O2/c1-3-15-39(16-4-1)53(43-19-11-13-37(33-43)49-51-45-21-7-9-23-47(45)55-49)41-29-25-35(26-30-41)36-27-31-42(32-28-36)54(40-17-5-2-6-18-40)44-20-12-14-38(34-44)50-52-46-22-8-10-24-48(46)56-50/h1-34H. The van der Waals surface area contributed by atoms with Gasteiger partial charge in [-0.05, 0) is 120 Å². The highest BCUT2D eigenvalue weighted by molar-refractivity contribution is 5.84. The maximum absolute atomic E-state index is 6.13. The fraction of sp³-hybridized carbons (Fsp3) is 0. The van der Waals surface area contributed by atoms with Gasteiger partial charge in [0.15, 0.2) is 11.2 Å². The van der Waals surface area contributed by atoms with Crippen LogP contribution in [0.15, 0.2) is 215 Å². The van der Waals surface area contributed by atoms with E-state index in [1.807, 2.05) is 72.8 Å². The lowest BCUT2D eigenvalue weighted by atomic mass is 10.0. The van der Waals surface area contributed by atoms with Crippen molar-refractivity contribution in [2.45, 2.75) is 0 Å². The molecular weight excluding hydrogens is 689 g/mol. The van der Waals surface area contributed by atoms with Crippen LogP contribution in [0.5, 0.6) is 0 Å². The lowest BCUT2D eigenvalue weighted by Gasteiger charge is -2.26. The van der Waals surface area contributed by atoms with E-state index in [0.717, 1.165) is 78.6 Å². The van der Waals surface area contributed by atoms with Crippen molar-refractivity contribution in [1.82, 2.24) is 9.97 Å². The van der Waals surface area contributed by atoms with Crippen LogP contribution in [-0.2, 0) is 0 Å². The number of para-hydroxylation sites is 6. The van der Waals surface area contributed by atoms with Gasteiger partial charge >= 0.3 is 0 Å². The average Bonchev–Trinajstić information content (AvgIpc) is 3.91. The van der Waals surface area contributed by atoms with Crippen LogP contribution < -0.4 is 9.80 Å². The zero-order valence-electron chi connectivity index (χ0n) is 30.2. The van der Waals surface area contributed by atoms with Crippen LogP contribution in [0.2, 0.25) is 0 Å². The monoisotopic (exact) mass is 722 g/mol. The Morgan fingerprint density at radius 2 is 0.643 bits per heavy atom. The van der Waals surface area contributed by atoms with Crippen LogP contribution in [0, 0.1) is 0 Å². The summed E-state index contributed by atoms with van der Waals surface area (Å²) in [6.07, 6.45) is 0. The molecule has 0 aliphatic rings. The van der Waals surface area contributed by atoms with Crippen LogP contribution in [0.4, 0.5) is 34.1 Å². The van der Waals surface area contributed by atoms with Gasteiger partial charge in [-0.3, -0.25) is 0 Å². The molecule has 0 N–H and O–H groups in total. The van der Waals surface area contributed by atoms with Gasteiger partial charge in [0.1, 0.15) is 11.0 Å². The van der Waals surface area contributed by atoms with Crippen LogP contribution in [0.3, 0.4) is 0 Å². The first-order valence-electron chi connectivity index (χ1n) is 18.6. The number of rotatable bonds is 9. The van der Waals surface area contributed by atoms with Gasteiger partial charge < -0.3 is 18.6 Å². The number of aromatic nitrogens is 2. The summed E-state index contributed by atoms with van der Waals surface area (Å²) in [6, 6.07) is 70.7. The Morgan fingerprint density at radius 3 is 1.05 bits per heavy atom. The van der Waals surface area contributed by atoms with E-state index in [9.17, 15) is 0 Å². The fourth-order valence-electron chi connectivity index (χ4n) is 7.20. The zero-order valence-corrected chi connectivity index (χ0v) is 30.2. The third-order valence-electron chi connectivity index (χ3n) is 9.90. The van der Waals surface area contributed by atoms with Gasteiger partial charge in [-0.2, -0.15) is 0 Å². The number of oxazole rings is 2. The summed E-state index contributed by atoms with van der Waals surface area (Å²) in [7, 11) is 0. The molecule has 8 aromatic carbocycles. The molecule has 0 bridgehead atoms. The van der Waals surface area contributed by atoms with Crippen LogP contribution in [0.25, 0.3) is 56.2 Å². The quantitative estimate of drug-likeness (QED) is 0.148. The Kier molecular flexibility index (Phi) is 8.39. The molecule has 0 atom stereocenters. The van der Waals surface area contributed by atoms with Crippen LogP contribution in [0.1, 0.15) is 0 Å². The van der Waals surface area contributed by atoms with E-state index >= 15 is 0 Å². The molecule has 6 heteroatoms. The zero-order chi connectivity index (χ0) is 37.3. The number of nitrogens with zero attached hydrogens (tertiary/aromatic N) is 4. The summed E-state index contributed by atoms with van der Waals surface area (Å²) >= 11 is 0. The van der Waals surface area contributed by atoms with E-state index in [-0.39, 0.29) is 0 Å². The summed E-state index contributed by atoms with van der Waals surface area (Å²) in [5.41, 5.74) is 13.5. The number of benzene rings is 8. The van der Waals surface area contributed by atoms with Crippen LogP contribution >= 0.6 is 0 Å². The van der Waals surface area contributed by atoms with Gasteiger partial charge in [-0.25, -0.2) is 9.97 Å². The SMILES string of the molecule is c1ccc(N(c2ccc(-c3ccc(N(c4ccccc4)c4cccc(-c5nc6ccccc6o5)c4)cc3)cc2)c2cccc(-c3nc4ccccc4o3)c2)cc1. The maximum Gasteiger partial charge on any atom is 0.227 e. The maximum atomic E-state index is 6.13. The number of fused-ring (bicyclic) bond motifs is 2. The molecular formula is C50H34N4O2. The van der Waals surface area contributed by atoms with E-state index in [0.29, 0.717) is 11.8 Å². The first kappa shape index (κ1) is 32.9. The van der Waals surface area contributed by atoms with Crippen molar-refractivity contribution in [3.63, 3.8) is 0 Å². The molecule has 0 unspecified atom stereocenters. The Balaban J connectivity index is 0.962. The number of anilines is 6. The van der Waals surface area contributed by atoms with E-state index in [2.05, 4.69) is 143 Å². The molecule has 56 heavy (non-hydrogen) atoms. The van der Waals surface area contributed by atoms with E-state index in [1.165, 1.54) is 0 Å². The molecule has 0 saturated heterocycles. The number of hydrogen-bond donors (Lipinski definition) is 0. The molecule has 0 fully saturated rings. The molecule has 0 amide bonds. The summed E-state index contributed by atoms with van der Waals surface area (Å²) in [5.74, 6) is 1.20. The van der Waals surface area contributed by atoms with Gasteiger partial charge in [0.05, 0.1) is 0 Å². The second kappa shape index (κ2) is 14.3. The highest BCUT2D eigenvalue weighted by atomic mass is 16.4. The Morgan fingerprint density at radius 1 is 0.286 bits per heavy atom. The Bertz CT molecular complexity index is 2650. The van der Waals surface area contributed by atoms with Crippen molar-refractivity contribution in [3.8, 4) is 34.0 Å². The van der Waals surface area contributed by atoms with Gasteiger partial charge in [0, 0.05) is 45.3 Å². The largest absolute Gasteiger partial charge is 0.436 e. The van der Waals surface area contributed by atoms with Crippen molar-refractivity contribution in [2.24, 2.45) is 0 Å². The summed E-state index contributed by atoms with van der Waals surface area (Å²) in [6.45, 7) is 0. The van der Waals surface area contributed by atoms with Gasteiger partial charge in [0.25, 0.3) is 0 Å². The molecule has 0 radical (unpaired) electrons. The molecule has 6 nitrogen and oxygen atoms in total. The molecule has 266 valence electrons. The highest BCUT2D eigenvalue weighted by Crippen LogP contribution is 2.40. The highest BCUT2D eigenvalue weighted by Gasteiger charge is 2.18. The lowest BCUT2D eigenvalue weighted by Crippen LogP contribution is -2.10. The first-order chi connectivity index (χ1) is 27.7. The van der Waals surface area contributed by atoms with E-state index in [1.54, 1.807) is 0 Å². The van der Waals surface area contributed by atoms with Gasteiger partial charge in [-0.1, -0.05) is 97.1 Å². The van der Waals surface area contributed by atoms with Crippen molar-refractivity contribution in [2.75, 3.05) is 9.80 Å². The molecule has 0 aliphatic carbocycles. The van der Waals surface area contributed by atoms with Crippen LogP contribution in [-0.4, -0.2) is 9.97 Å². The summed E-state index contributed by atoms with van der Waals surface area (Å²) < 4.78 is 12.3. The smallest absolute Gasteiger partial charge is 0.227 e. The molecule has 10 aromatic rings. The minimum absolute atomic E-state index is 0.599. The molecule has 0 spiro atoms. The molecule has 0 aliphatic heterocycles. The topological polar surface area (TPSA) is 58.5 Å². The third kappa shape index (κ3) is 6.35. The molecule has 2 aromatic heterocycles. The molecule has 10 rings (SSSR count). The van der Waals surface area contributed by atoms with Crippen molar-refractivity contribution < 1.29 is 8.83 Å². The second-order valence-electron chi connectivity index (χ2n) is 13.5. The molecule has 0 saturated carbocycles. The average molecular weight is 723 g/mol. The first-order valence-corrected chi connectivity index (χ1v) is 18.6. The lowest BCUT2D eigenvalue weighted by molar-refractivity contribution is 0.619. The minimum Gasteiger partial charge on any atom is -0.436 e. The molecule has 2 heterocycles. The summed E-state index contributed by atoms with van der Waals surface area (Å²) in [4.78, 5) is 14.0. The Hall–Kier alpha value is -7.70. The van der Waals surface area contributed by atoms with Crippen molar-refractivity contribution in [3.05, 3.63) is 206 Å². The predicted octanol–water partition coefficient (Wildman–Crippen LogP) is 13.9. The number of hydrogen-bond acceptors (Lipinski definition) is 6. The Labute approximate surface area is 324 Å². The van der Waals surface area contributed by atoms with Crippen molar-refractivity contribution in [1.29, 1.82) is 0 Å². The van der Waals surface area contributed by atoms with Crippen molar-refractivity contribution >= 4 is 56.3 Å². The fourth-order valence-corrected chi connectivity index (χ4v) is 7.20. The summed E-state index contributed by atoms with van der Waals surface area (Å²) in [5, 5.41) is 0. The second-order valence-corrected chi connectivity index (χ2v) is 13.5. The predicted molar refractivity (Wildman–Crippen MR) is 227 cm³/mol. The third-order valence-corrected chi connectivity index (χ3v) is 9.90. The van der Waals surface area contributed by atoms with Gasteiger partial charge in [0.2, 0.25) is 11.8 Å². The van der Waals surface area contributed by atoms with E-state index < -0.39 is 0 Å².